The molecule has 1 aliphatic rings. The maximum absolute atomic E-state index is 12.6. The van der Waals surface area contributed by atoms with E-state index in [4.69, 9.17) is 4.74 Å². The molecule has 0 aliphatic carbocycles. The summed E-state index contributed by atoms with van der Waals surface area (Å²) in [6.45, 7) is 3.30. The number of carbonyl (C=O) groups excluding carboxylic acids is 3. The first-order valence-corrected chi connectivity index (χ1v) is 10.2. The lowest BCUT2D eigenvalue weighted by molar-refractivity contribution is -0.133. The van der Waals surface area contributed by atoms with Crippen LogP contribution in [0.15, 0.2) is 54.6 Å². The summed E-state index contributed by atoms with van der Waals surface area (Å²) in [6.07, 6.45) is 1.49. The van der Waals surface area contributed by atoms with E-state index in [0.29, 0.717) is 31.0 Å². The molecule has 1 atom stereocenters. The second-order valence-corrected chi connectivity index (χ2v) is 7.17. The first kappa shape index (κ1) is 21.4. The number of ether oxygens (including phenoxy) is 1. The number of piperidine rings is 1. The van der Waals surface area contributed by atoms with Gasteiger partial charge in [0.2, 0.25) is 11.8 Å². The molecule has 7 heteroatoms. The highest BCUT2D eigenvalue weighted by Crippen LogP contribution is 2.19. The van der Waals surface area contributed by atoms with Gasteiger partial charge in [0, 0.05) is 24.3 Å². The van der Waals surface area contributed by atoms with Gasteiger partial charge in [-0.05, 0) is 56.2 Å². The van der Waals surface area contributed by atoms with Gasteiger partial charge in [-0.2, -0.15) is 0 Å². The minimum atomic E-state index is -0.318. The average Bonchev–Trinajstić information content (AvgIpc) is 2.78. The van der Waals surface area contributed by atoms with Crippen molar-refractivity contribution in [1.29, 1.82) is 0 Å². The van der Waals surface area contributed by atoms with Crippen molar-refractivity contribution in [3.05, 3.63) is 60.2 Å². The van der Waals surface area contributed by atoms with Crippen molar-refractivity contribution < 1.29 is 19.1 Å². The maximum Gasteiger partial charge on any atom is 0.251 e. The number of anilines is 1. The van der Waals surface area contributed by atoms with Crippen LogP contribution in [-0.2, 0) is 9.59 Å². The van der Waals surface area contributed by atoms with Crippen molar-refractivity contribution in [2.45, 2.75) is 19.8 Å². The highest BCUT2D eigenvalue weighted by atomic mass is 16.5. The van der Waals surface area contributed by atoms with Gasteiger partial charge in [-0.1, -0.05) is 18.2 Å². The van der Waals surface area contributed by atoms with E-state index in [0.717, 1.165) is 18.5 Å². The zero-order valence-electron chi connectivity index (χ0n) is 17.1. The molecule has 2 aromatic carbocycles. The van der Waals surface area contributed by atoms with Gasteiger partial charge in [0.25, 0.3) is 5.91 Å². The smallest absolute Gasteiger partial charge is 0.251 e. The fourth-order valence-corrected chi connectivity index (χ4v) is 3.42. The molecule has 1 aliphatic heterocycles. The topological polar surface area (TPSA) is 87.7 Å². The van der Waals surface area contributed by atoms with E-state index in [1.54, 1.807) is 29.2 Å². The third-order valence-corrected chi connectivity index (χ3v) is 5.01. The molecule has 1 heterocycles. The number of hydrogen-bond donors (Lipinski definition) is 2. The van der Waals surface area contributed by atoms with Crippen molar-refractivity contribution in [3.8, 4) is 5.75 Å². The number of hydrogen-bond acceptors (Lipinski definition) is 4. The molecular formula is C23H27N3O4. The highest BCUT2D eigenvalue weighted by Gasteiger charge is 2.28. The summed E-state index contributed by atoms with van der Waals surface area (Å²) in [5.74, 6) is -0.159. The van der Waals surface area contributed by atoms with Crippen LogP contribution < -0.4 is 15.4 Å². The highest BCUT2D eigenvalue weighted by molar-refractivity contribution is 5.97. The molecule has 3 amide bonds. The Balaban J connectivity index is 1.48. The number of rotatable bonds is 7. The Morgan fingerprint density at radius 1 is 1.07 bits per heavy atom. The molecule has 2 N–H and O–H groups in total. The Bertz CT molecular complexity index is 868. The molecule has 2 aromatic rings. The van der Waals surface area contributed by atoms with E-state index in [1.807, 2.05) is 37.3 Å². The second-order valence-electron chi connectivity index (χ2n) is 7.17. The fourth-order valence-electron chi connectivity index (χ4n) is 3.42. The van der Waals surface area contributed by atoms with Crippen molar-refractivity contribution in [2.24, 2.45) is 5.92 Å². The predicted molar refractivity (Wildman–Crippen MR) is 114 cm³/mol. The standard InChI is InChI=1S/C23H27N3O4/c1-2-30-20-12-10-17(11-13-20)22(28)24-15-21(27)26-14-6-7-18(16-26)23(29)25-19-8-4-3-5-9-19/h3-5,8-13,18H,2,6-7,14-16H2,1H3,(H,24,28)(H,25,29). The van der Waals surface area contributed by atoms with E-state index in [2.05, 4.69) is 10.6 Å². The van der Waals surface area contributed by atoms with Gasteiger partial charge >= 0.3 is 0 Å². The van der Waals surface area contributed by atoms with Crippen LogP contribution in [0.5, 0.6) is 5.75 Å². The first-order chi connectivity index (χ1) is 14.6. The van der Waals surface area contributed by atoms with Crippen LogP contribution in [0.1, 0.15) is 30.1 Å². The summed E-state index contributed by atoms with van der Waals surface area (Å²) in [5, 5.41) is 5.56. The van der Waals surface area contributed by atoms with Crippen LogP contribution in [-0.4, -0.2) is 48.9 Å². The van der Waals surface area contributed by atoms with Crippen molar-refractivity contribution in [3.63, 3.8) is 0 Å². The zero-order valence-corrected chi connectivity index (χ0v) is 17.1. The van der Waals surface area contributed by atoms with Crippen molar-refractivity contribution >= 4 is 23.4 Å². The summed E-state index contributed by atoms with van der Waals surface area (Å²) in [4.78, 5) is 39.0. The molecule has 0 saturated carbocycles. The Morgan fingerprint density at radius 2 is 1.80 bits per heavy atom. The molecule has 158 valence electrons. The van der Waals surface area contributed by atoms with E-state index >= 15 is 0 Å². The zero-order chi connectivity index (χ0) is 21.3. The molecule has 0 radical (unpaired) electrons. The third kappa shape index (κ3) is 5.83. The fraction of sp³-hybridized carbons (Fsp3) is 0.348. The molecule has 1 saturated heterocycles. The van der Waals surface area contributed by atoms with Crippen LogP contribution in [0, 0.1) is 5.92 Å². The van der Waals surface area contributed by atoms with Crippen molar-refractivity contribution in [1.82, 2.24) is 10.2 Å². The van der Waals surface area contributed by atoms with E-state index < -0.39 is 0 Å². The van der Waals surface area contributed by atoms with Gasteiger partial charge in [0.15, 0.2) is 0 Å². The largest absolute Gasteiger partial charge is 0.494 e. The first-order valence-electron chi connectivity index (χ1n) is 10.2. The van der Waals surface area contributed by atoms with Crippen LogP contribution in [0.25, 0.3) is 0 Å². The summed E-state index contributed by atoms with van der Waals surface area (Å²) < 4.78 is 5.36. The molecule has 7 nitrogen and oxygen atoms in total. The number of carbonyl (C=O) groups is 3. The lowest BCUT2D eigenvalue weighted by Crippen LogP contribution is -2.47. The second kappa shape index (κ2) is 10.4. The van der Waals surface area contributed by atoms with Gasteiger partial charge < -0.3 is 20.3 Å². The lowest BCUT2D eigenvalue weighted by atomic mass is 9.97. The summed E-state index contributed by atoms with van der Waals surface area (Å²) in [7, 11) is 0. The SMILES string of the molecule is CCOc1ccc(C(=O)NCC(=O)N2CCCC(C(=O)Nc3ccccc3)C2)cc1. The quantitative estimate of drug-likeness (QED) is 0.736. The molecule has 0 spiro atoms. The van der Waals surface area contributed by atoms with Gasteiger partial charge in [-0.25, -0.2) is 0 Å². The molecule has 0 bridgehead atoms. The molecule has 1 fully saturated rings. The molecule has 1 unspecified atom stereocenters. The molecule has 3 rings (SSSR count). The van der Waals surface area contributed by atoms with Crippen LogP contribution >= 0.6 is 0 Å². The summed E-state index contributed by atoms with van der Waals surface area (Å²) in [5.41, 5.74) is 1.21. The van der Waals surface area contributed by atoms with Crippen LogP contribution in [0.4, 0.5) is 5.69 Å². The van der Waals surface area contributed by atoms with Crippen LogP contribution in [0.2, 0.25) is 0 Å². The Hall–Kier alpha value is -3.35. The maximum atomic E-state index is 12.6. The van der Waals surface area contributed by atoms with E-state index in [1.165, 1.54) is 0 Å². The number of likely N-dealkylation sites (tertiary alicyclic amines) is 1. The van der Waals surface area contributed by atoms with Crippen molar-refractivity contribution in [2.75, 3.05) is 31.6 Å². The minimum absolute atomic E-state index is 0.0860. The van der Waals surface area contributed by atoms with Crippen LogP contribution in [0.3, 0.4) is 0 Å². The van der Waals surface area contributed by atoms with E-state index in [9.17, 15) is 14.4 Å². The third-order valence-electron chi connectivity index (χ3n) is 5.01. The number of nitrogens with one attached hydrogen (secondary N) is 2. The Labute approximate surface area is 176 Å². The van der Waals surface area contributed by atoms with Gasteiger partial charge in [-0.3, -0.25) is 14.4 Å². The summed E-state index contributed by atoms with van der Waals surface area (Å²) >= 11 is 0. The van der Waals surface area contributed by atoms with E-state index in [-0.39, 0.29) is 30.2 Å². The molecule has 0 aromatic heterocycles. The normalized spacial score (nSPS) is 15.9. The number of para-hydroxylation sites is 1. The molecule has 30 heavy (non-hydrogen) atoms. The average molecular weight is 409 g/mol. The Morgan fingerprint density at radius 3 is 2.50 bits per heavy atom. The number of amides is 3. The Kier molecular flexibility index (Phi) is 7.43. The molecular weight excluding hydrogens is 382 g/mol. The number of nitrogens with zero attached hydrogens (tertiary/aromatic N) is 1. The predicted octanol–water partition coefficient (Wildman–Crippen LogP) is 2.69. The van der Waals surface area contributed by atoms with Gasteiger partial charge in [0.05, 0.1) is 19.1 Å². The van der Waals surface area contributed by atoms with Gasteiger partial charge in [-0.15, -0.1) is 0 Å². The summed E-state index contributed by atoms with van der Waals surface area (Å²) in [6, 6.07) is 16.0. The number of benzene rings is 2. The minimum Gasteiger partial charge on any atom is -0.494 e. The lowest BCUT2D eigenvalue weighted by Gasteiger charge is -2.32. The van der Waals surface area contributed by atoms with Gasteiger partial charge in [0.1, 0.15) is 5.75 Å². The monoisotopic (exact) mass is 409 g/mol.